The molecule has 9 nitrogen and oxygen atoms in total. The fourth-order valence-electron chi connectivity index (χ4n) is 3.99. The summed E-state index contributed by atoms with van der Waals surface area (Å²) in [6.45, 7) is 3.61. The third kappa shape index (κ3) is 5.37. The predicted molar refractivity (Wildman–Crippen MR) is 144 cm³/mol. The molecular formula is C28H22F2N6O3. The third-order valence-corrected chi connectivity index (χ3v) is 6.00. The Balaban J connectivity index is 1.36. The molecule has 0 aliphatic heterocycles. The number of carbonyl (C=O) groups excluding carboxylic acids is 1. The number of hydrogen-bond acceptors (Lipinski definition) is 6. The molecule has 196 valence electrons. The summed E-state index contributed by atoms with van der Waals surface area (Å²) in [4.78, 5) is 38.3. The zero-order chi connectivity index (χ0) is 27.5. The van der Waals surface area contributed by atoms with E-state index in [2.05, 4.69) is 25.3 Å². The van der Waals surface area contributed by atoms with Gasteiger partial charge in [0.05, 0.1) is 0 Å². The van der Waals surface area contributed by atoms with Gasteiger partial charge in [0.1, 0.15) is 17.2 Å². The summed E-state index contributed by atoms with van der Waals surface area (Å²) in [5.74, 6) is -0.329. The first-order valence-corrected chi connectivity index (χ1v) is 11.8. The minimum atomic E-state index is -0.631. The number of ether oxygens (including phenoxy) is 1. The van der Waals surface area contributed by atoms with Crippen LogP contribution in [0.1, 0.15) is 18.1 Å². The molecule has 11 heteroatoms. The molecule has 0 saturated carbocycles. The van der Waals surface area contributed by atoms with Gasteiger partial charge in [-0.25, -0.2) is 23.5 Å². The van der Waals surface area contributed by atoms with Crippen molar-refractivity contribution in [2.45, 2.75) is 13.8 Å². The fourth-order valence-corrected chi connectivity index (χ4v) is 3.99. The van der Waals surface area contributed by atoms with Gasteiger partial charge in [-0.15, -0.1) is 0 Å². The lowest BCUT2D eigenvalue weighted by atomic mass is 10.1. The summed E-state index contributed by atoms with van der Waals surface area (Å²) in [6.07, 6.45) is 5.50. The van der Waals surface area contributed by atoms with E-state index in [0.29, 0.717) is 40.5 Å². The molecule has 1 amide bonds. The van der Waals surface area contributed by atoms with E-state index >= 15 is 0 Å². The molecule has 0 unspecified atom stereocenters. The van der Waals surface area contributed by atoms with Gasteiger partial charge in [0, 0.05) is 41.6 Å². The van der Waals surface area contributed by atoms with Crippen LogP contribution in [-0.2, 0) is 4.79 Å². The van der Waals surface area contributed by atoms with Crippen LogP contribution >= 0.6 is 0 Å². The average Bonchev–Trinajstić information content (AvgIpc) is 3.30. The lowest BCUT2D eigenvalue weighted by Crippen LogP contribution is -2.18. The van der Waals surface area contributed by atoms with Crippen molar-refractivity contribution < 1.29 is 18.3 Å². The molecule has 0 spiro atoms. The van der Waals surface area contributed by atoms with Gasteiger partial charge < -0.3 is 15.0 Å². The monoisotopic (exact) mass is 528 g/mol. The highest BCUT2D eigenvalue weighted by Crippen LogP contribution is 2.31. The molecule has 5 aromatic rings. The molecule has 0 radical (unpaired) electrons. The van der Waals surface area contributed by atoms with Crippen molar-refractivity contribution in [2.24, 2.45) is 0 Å². The first kappa shape index (κ1) is 25.3. The van der Waals surface area contributed by atoms with Crippen LogP contribution in [0.2, 0.25) is 0 Å². The Hall–Kier alpha value is -5.32. The molecule has 0 aliphatic carbocycles. The minimum absolute atomic E-state index is 0.0400. The molecule has 3 heterocycles. The van der Waals surface area contributed by atoms with Crippen molar-refractivity contribution >= 4 is 40.8 Å². The summed E-state index contributed by atoms with van der Waals surface area (Å²) >= 11 is 0. The molecule has 0 fully saturated rings. The Morgan fingerprint density at radius 2 is 1.77 bits per heavy atom. The van der Waals surface area contributed by atoms with Crippen molar-refractivity contribution in [3.8, 4) is 11.5 Å². The topological polar surface area (TPSA) is 116 Å². The summed E-state index contributed by atoms with van der Waals surface area (Å²) in [6, 6.07) is 13.3. The van der Waals surface area contributed by atoms with Crippen molar-refractivity contribution in [1.29, 1.82) is 0 Å². The van der Waals surface area contributed by atoms with E-state index in [0.717, 1.165) is 11.1 Å². The third-order valence-electron chi connectivity index (χ3n) is 6.00. The normalized spacial score (nSPS) is 11.4. The number of nitrogens with zero attached hydrogens (tertiary/aromatic N) is 3. The number of aromatic nitrogens is 4. The van der Waals surface area contributed by atoms with Gasteiger partial charge in [0.15, 0.2) is 23.0 Å². The van der Waals surface area contributed by atoms with E-state index in [1.807, 2.05) is 6.92 Å². The molecule has 0 saturated heterocycles. The Morgan fingerprint density at radius 1 is 1.00 bits per heavy atom. The number of carbonyl (C=O) groups is 1. The molecule has 3 N–H and O–H groups in total. The fraction of sp³-hybridized carbons (Fsp3) is 0.0714. The maximum atomic E-state index is 15.0. The summed E-state index contributed by atoms with van der Waals surface area (Å²) in [5.41, 5.74) is 3.30. The second-order valence-corrected chi connectivity index (χ2v) is 8.60. The smallest absolute Gasteiger partial charge is 0.325 e. The maximum Gasteiger partial charge on any atom is 0.325 e. The van der Waals surface area contributed by atoms with E-state index < -0.39 is 17.3 Å². The van der Waals surface area contributed by atoms with Gasteiger partial charge in [-0.05, 0) is 73.5 Å². The minimum Gasteiger partial charge on any atom is -0.452 e. The molecule has 0 bridgehead atoms. The first-order valence-electron chi connectivity index (χ1n) is 11.8. The number of anilines is 3. The summed E-state index contributed by atoms with van der Waals surface area (Å²) in [7, 11) is 0. The number of halogens is 2. The van der Waals surface area contributed by atoms with Gasteiger partial charge >= 0.3 is 5.69 Å². The van der Waals surface area contributed by atoms with Crippen LogP contribution in [-0.4, -0.2) is 26.3 Å². The number of allylic oxidation sites excluding steroid dienone is 1. The maximum absolute atomic E-state index is 15.0. The SMILES string of the molecule is C/C(=C/c1ccnc(Nc2ccc(Oc3ccnc4[nH]c(=O)[nH]c34)c(F)c2)c1C)N(C=O)c1ccc(F)cc1. The largest absolute Gasteiger partial charge is 0.452 e. The van der Waals surface area contributed by atoms with Crippen molar-refractivity contribution in [1.82, 2.24) is 19.9 Å². The lowest BCUT2D eigenvalue weighted by molar-refractivity contribution is -0.107. The Bertz CT molecular complexity index is 1760. The van der Waals surface area contributed by atoms with E-state index in [9.17, 15) is 18.4 Å². The molecule has 0 atom stereocenters. The van der Waals surface area contributed by atoms with Gasteiger partial charge in [-0.2, -0.15) is 0 Å². The molecule has 2 aromatic carbocycles. The van der Waals surface area contributed by atoms with E-state index in [1.165, 1.54) is 53.6 Å². The Labute approximate surface area is 220 Å². The van der Waals surface area contributed by atoms with Crippen LogP contribution in [0.15, 0.2) is 77.5 Å². The molecule has 5 rings (SSSR count). The Kier molecular flexibility index (Phi) is 6.87. The summed E-state index contributed by atoms with van der Waals surface area (Å²) < 4.78 is 34.0. The van der Waals surface area contributed by atoms with Crippen LogP contribution in [0, 0.1) is 18.6 Å². The van der Waals surface area contributed by atoms with Gasteiger partial charge in [-0.3, -0.25) is 14.7 Å². The summed E-state index contributed by atoms with van der Waals surface area (Å²) in [5, 5.41) is 3.11. The second-order valence-electron chi connectivity index (χ2n) is 8.60. The highest BCUT2D eigenvalue weighted by Gasteiger charge is 2.13. The number of benzene rings is 2. The van der Waals surface area contributed by atoms with Crippen LogP contribution in [0.25, 0.3) is 17.2 Å². The van der Waals surface area contributed by atoms with Gasteiger partial charge in [0.2, 0.25) is 6.41 Å². The molecule has 0 aliphatic rings. The number of nitrogens with one attached hydrogen (secondary N) is 3. The second kappa shape index (κ2) is 10.6. The van der Waals surface area contributed by atoms with Crippen molar-refractivity contribution in [3.63, 3.8) is 0 Å². The average molecular weight is 529 g/mol. The number of hydrogen-bond donors (Lipinski definition) is 3. The number of fused-ring (bicyclic) bond motifs is 1. The van der Waals surface area contributed by atoms with Crippen molar-refractivity contribution in [3.05, 3.63) is 106 Å². The zero-order valence-corrected chi connectivity index (χ0v) is 20.8. The zero-order valence-electron chi connectivity index (χ0n) is 20.8. The highest BCUT2D eigenvalue weighted by molar-refractivity contribution is 5.83. The van der Waals surface area contributed by atoms with E-state index in [1.54, 1.807) is 31.3 Å². The van der Waals surface area contributed by atoms with E-state index in [4.69, 9.17) is 4.74 Å². The van der Waals surface area contributed by atoms with Crippen LogP contribution in [0.3, 0.4) is 0 Å². The first-order chi connectivity index (χ1) is 18.8. The van der Waals surface area contributed by atoms with Crippen LogP contribution in [0.4, 0.5) is 26.0 Å². The number of pyridine rings is 2. The number of imidazole rings is 1. The van der Waals surface area contributed by atoms with Crippen molar-refractivity contribution in [2.75, 3.05) is 10.2 Å². The highest BCUT2D eigenvalue weighted by atomic mass is 19.1. The van der Waals surface area contributed by atoms with Gasteiger partial charge in [-0.1, -0.05) is 0 Å². The van der Waals surface area contributed by atoms with Crippen LogP contribution in [0.5, 0.6) is 11.5 Å². The number of rotatable bonds is 8. The number of H-pyrrole nitrogens is 2. The quantitative estimate of drug-likeness (QED) is 0.220. The Morgan fingerprint density at radius 3 is 2.51 bits per heavy atom. The van der Waals surface area contributed by atoms with E-state index in [-0.39, 0.29) is 11.5 Å². The molecule has 39 heavy (non-hydrogen) atoms. The van der Waals surface area contributed by atoms with Gasteiger partial charge in [0.25, 0.3) is 0 Å². The molecular weight excluding hydrogens is 506 g/mol. The predicted octanol–water partition coefficient (Wildman–Crippen LogP) is 5.79. The lowest BCUT2D eigenvalue weighted by Gasteiger charge is -2.19. The molecule has 3 aromatic heterocycles. The number of aromatic amines is 2. The standard InChI is InChI=1S/C28H22F2N6O3/c1-16(36(15-37)21-6-3-19(29)4-7-21)13-18-9-11-31-26(17(18)2)33-20-5-8-23(22(30)14-20)39-24-10-12-32-27-25(24)34-28(38)35-27/h3-15H,1-2H3,(H,31,33)(H2,32,34,35,38)/b16-13-. The van der Waals surface area contributed by atoms with Crippen LogP contribution < -0.4 is 20.6 Å². The number of amides is 1.